The van der Waals surface area contributed by atoms with Gasteiger partial charge in [-0.1, -0.05) is 0 Å². The molecule has 14 nitrogen and oxygen atoms in total. The van der Waals surface area contributed by atoms with Crippen molar-refractivity contribution in [1.82, 2.24) is 49.1 Å². The molecule has 0 aliphatic heterocycles. The van der Waals surface area contributed by atoms with Crippen molar-refractivity contribution in [3.8, 4) is 0 Å². The summed E-state index contributed by atoms with van der Waals surface area (Å²) in [5.41, 5.74) is 10.7. The smallest absolute Gasteiger partial charge is 0.749 e. The standard InChI is InChI=1S/2C16H19N5.2Ag.2F2HO2P/c2*1-11-9-13(3)20(18-11)16(15-5-7-17-8-6-15)21-14(4)10-12(2)19-21;;;2*1-5(2,3)4/h2*5-10,16H,1-4H3;;;2*(H,3,4)/q;;2*+1;;/p-2. The molecule has 22 heteroatoms. The predicted molar refractivity (Wildman–Crippen MR) is 182 cm³/mol. The van der Waals surface area contributed by atoms with E-state index in [0.29, 0.717) is 0 Å². The van der Waals surface area contributed by atoms with Gasteiger partial charge in [0.1, 0.15) is 0 Å². The monoisotopic (exact) mass is 978 g/mol. The minimum absolute atomic E-state index is 0. The van der Waals surface area contributed by atoms with Gasteiger partial charge in [-0.05, 0) is 104 Å². The molecule has 0 N–H and O–H groups in total. The van der Waals surface area contributed by atoms with Gasteiger partial charge in [-0.15, -0.1) is 0 Å². The van der Waals surface area contributed by atoms with Crippen molar-refractivity contribution in [2.45, 2.75) is 67.7 Å². The van der Waals surface area contributed by atoms with E-state index >= 15 is 0 Å². The Bertz CT molecular complexity index is 1900. The van der Waals surface area contributed by atoms with E-state index in [1.807, 2.05) is 70.7 Å². The van der Waals surface area contributed by atoms with Crippen LogP contribution in [0.3, 0.4) is 0 Å². The van der Waals surface area contributed by atoms with E-state index in [4.69, 9.17) is 18.9 Å². The summed E-state index contributed by atoms with van der Waals surface area (Å²) in [5, 5.41) is 18.6. The van der Waals surface area contributed by atoms with E-state index in [1.165, 1.54) is 0 Å². The molecule has 300 valence electrons. The number of aromatic nitrogens is 10. The van der Waals surface area contributed by atoms with Gasteiger partial charge in [-0.3, -0.25) is 19.1 Å². The van der Waals surface area contributed by atoms with E-state index in [-0.39, 0.29) is 57.1 Å². The largest absolute Gasteiger partial charge is 1.00 e. The second kappa shape index (κ2) is 21.1. The van der Waals surface area contributed by atoms with Crippen LogP contribution in [0.2, 0.25) is 0 Å². The van der Waals surface area contributed by atoms with Crippen molar-refractivity contribution in [2.75, 3.05) is 0 Å². The summed E-state index contributed by atoms with van der Waals surface area (Å²) >= 11 is 0. The molecule has 0 saturated carbocycles. The third-order valence-electron chi connectivity index (χ3n) is 7.11. The van der Waals surface area contributed by atoms with Crippen molar-refractivity contribution >= 4 is 16.0 Å². The summed E-state index contributed by atoms with van der Waals surface area (Å²) in [4.78, 5) is 24.9. The van der Waals surface area contributed by atoms with Gasteiger partial charge in [0.25, 0.3) is 0 Å². The van der Waals surface area contributed by atoms with Gasteiger partial charge < -0.3 is 9.79 Å². The fourth-order valence-corrected chi connectivity index (χ4v) is 5.42. The van der Waals surface area contributed by atoms with Crippen LogP contribution in [0.15, 0.2) is 73.3 Å². The molecule has 0 aliphatic rings. The molecule has 0 amide bonds. The second-order valence-electron chi connectivity index (χ2n) is 11.6. The van der Waals surface area contributed by atoms with E-state index in [9.17, 15) is 16.8 Å². The molecule has 54 heavy (non-hydrogen) atoms. The van der Waals surface area contributed by atoms with Crippen LogP contribution in [0.4, 0.5) is 16.8 Å². The molecule has 0 bridgehead atoms. The van der Waals surface area contributed by atoms with Crippen molar-refractivity contribution in [3.63, 3.8) is 0 Å². The first-order valence-electron chi connectivity index (χ1n) is 15.4. The van der Waals surface area contributed by atoms with Gasteiger partial charge in [0.15, 0.2) is 12.3 Å². The Hall–Kier alpha value is -3.28. The summed E-state index contributed by atoms with van der Waals surface area (Å²) in [7, 11) is -11.8. The molecular weight excluding hydrogens is 942 g/mol. The molecule has 6 aromatic heterocycles. The normalized spacial score (nSPS) is 11.0. The van der Waals surface area contributed by atoms with Crippen LogP contribution in [0.5, 0.6) is 0 Å². The minimum Gasteiger partial charge on any atom is -0.749 e. The van der Waals surface area contributed by atoms with Crippen LogP contribution in [-0.4, -0.2) is 49.1 Å². The number of rotatable bonds is 6. The molecule has 0 aliphatic carbocycles. The first kappa shape index (κ1) is 48.7. The Morgan fingerprint density at radius 3 is 0.815 bits per heavy atom. The Kier molecular flexibility index (Phi) is 19.1. The van der Waals surface area contributed by atoms with Crippen molar-refractivity contribution in [3.05, 3.63) is 130 Å². The Balaban J connectivity index is 0.000000420. The van der Waals surface area contributed by atoms with Crippen LogP contribution >= 0.6 is 16.0 Å². The quantitative estimate of drug-likeness (QED) is 0.103. The van der Waals surface area contributed by atoms with Gasteiger partial charge in [0.05, 0.1) is 22.8 Å². The number of hydrogen-bond donors (Lipinski definition) is 0. The van der Waals surface area contributed by atoms with Crippen LogP contribution < -0.4 is 9.79 Å². The van der Waals surface area contributed by atoms with Crippen molar-refractivity contribution < 1.29 is 80.5 Å². The van der Waals surface area contributed by atoms with E-state index in [0.717, 1.165) is 56.7 Å². The Labute approximate surface area is 341 Å². The van der Waals surface area contributed by atoms with Crippen LogP contribution in [0.1, 0.15) is 69.0 Å². The first-order chi connectivity index (χ1) is 24.1. The number of nitrogens with zero attached hydrogens (tertiary/aromatic N) is 10. The maximum atomic E-state index is 10.0. The first-order valence-corrected chi connectivity index (χ1v) is 18.2. The van der Waals surface area contributed by atoms with E-state index < -0.39 is 16.0 Å². The third kappa shape index (κ3) is 15.5. The van der Waals surface area contributed by atoms with Gasteiger partial charge in [-0.25, -0.2) is 18.7 Å². The summed E-state index contributed by atoms with van der Waals surface area (Å²) < 4.78 is 64.8. The van der Waals surface area contributed by atoms with Crippen LogP contribution in [0, 0.1) is 55.4 Å². The maximum absolute atomic E-state index is 10.0. The average Bonchev–Trinajstić information content (AvgIpc) is 3.74. The molecule has 0 aromatic carbocycles. The molecule has 0 radical (unpaired) electrons. The molecule has 6 rings (SSSR count). The fourth-order valence-electron chi connectivity index (χ4n) is 5.42. The predicted octanol–water partition coefficient (Wildman–Crippen LogP) is 6.39. The summed E-state index contributed by atoms with van der Waals surface area (Å²) in [6.07, 6.45) is 7.05. The van der Waals surface area contributed by atoms with E-state index in [2.05, 4.69) is 82.3 Å². The number of pyridine rings is 2. The second-order valence-corrected chi connectivity index (χ2v) is 13.3. The third-order valence-corrected chi connectivity index (χ3v) is 7.11. The van der Waals surface area contributed by atoms with E-state index in [1.54, 1.807) is 24.8 Å². The molecule has 6 heterocycles. The summed E-state index contributed by atoms with van der Waals surface area (Å²) in [6.45, 7) is 16.3. The molecule has 0 unspecified atom stereocenters. The minimum atomic E-state index is -5.89. The molecule has 0 spiro atoms. The number of hydrogen-bond acceptors (Lipinski definition) is 10. The van der Waals surface area contributed by atoms with Gasteiger partial charge in [0.2, 0.25) is 0 Å². The SMILES string of the molecule is Cc1cc(C)n(C(c2ccncc2)n2nc(C)cc2C)n1.Cc1cc(C)n(C(c2ccncc2)n2nc(C)cc2C)n1.O=P([O-])(F)F.O=P([O-])(F)F.[Ag+].[Ag+]. The zero-order valence-electron chi connectivity index (χ0n) is 30.2. The fraction of sp³-hybridized carbons (Fsp3) is 0.312. The molecule has 6 aromatic rings. The molecular formula is C32H38Ag2F4N10O4P2. The zero-order valence-corrected chi connectivity index (χ0v) is 35.0. The summed E-state index contributed by atoms with van der Waals surface area (Å²) in [6, 6.07) is 16.4. The van der Waals surface area contributed by atoms with Gasteiger partial charge in [0, 0.05) is 58.7 Å². The number of halogens is 4. The topological polar surface area (TPSA) is 177 Å². The zero-order chi connectivity index (χ0) is 39.0. The average molecular weight is 980 g/mol. The van der Waals surface area contributed by atoms with Crippen LogP contribution in [-0.2, 0) is 53.9 Å². The molecule has 0 fully saturated rings. The van der Waals surface area contributed by atoms with Gasteiger partial charge >= 0.3 is 60.7 Å². The van der Waals surface area contributed by atoms with Crippen molar-refractivity contribution in [2.24, 2.45) is 0 Å². The molecule has 0 saturated heterocycles. The van der Waals surface area contributed by atoms with Crippen LogP contribution in [0.25, 0.3) is 0 Å². The maximum Gasteiger partial charge on any atom is 1.00 e. The summed E-state index contributed by atoms with van der Waals surface area (Å²) in [5.74, 6) is 0. The Morgan fingerprint density at radius 2 is 0.667 bits per heavy atom. The van der Waals surface area contributed by atoms with Crippen molar-refractivity contribution in [1.29, 1.82) is 0 Å². The number of aryl methyl sites for hydroxylation is 8. The van der Waals surface area contributed by atoms with Gasteiger partial charge in [-0.2, -0.15) is 37.2 Å². The molecule has 0 atom stereocenters. The Morgan fingerprint density at radius 1 is 0.481 bits per heavy atom.